The van der Waals surface area contributed by atoms with Crippen LogP contribution in [0.15, 0.2) is 24.3 Å². The average Bonchev–Trinajstić information content (AvgIpc) is 2.60. The normalized spacial score (nSPS) is 28.6. The molecule has 0 spiro atoms. The summed E-state index contributed by atoms with van der Waals surface area (Å²) in [6, 6.07) is 2.14. The van der Waals surface area contributed by atoms with Gasteiger partial charge in [-0.05, 0) is 24.1 Å². The van der Waals surface area contributed by atoms with Crippen molar-refractivity contribution in [3.05, 3.63) is 29.8 Å². The average molecular weight is 282 g/mol. The highest BCUT2D eigenvalue weighted by Crippen LogP contribution is 2.12. The van der Waals surface area contributed by atoms with Gasteiger partial charge in [-0.3, -0.25) is 0 Å². The van der Waals surface area contributed by atoms with Crippen molar-refractivity contribution in [1.29, 1.82) is 0 Å². The van der Waals surface area contributed by atoms with Crippen LogP contribution in [-0.2, 0) is 11.1 Å². The van der Waals surface area contributed by atoms with Crippen molar-refractivity contribution in [2.75, 3.05) is 26.7 Å². The Morgan fingerprint density at radius 3 is 2.84 bits per heavy atom. The Kier molecular flexibility index (Phi) is 2.21. The van der Waals surface area contributed by atoms with Gasteiger partial charge in [0.25, 0.3) is 0 Å². The van der Waals surface area contributed by atoms with Crippen molar-refractivity contribution in [3.63, 3.8) is 0 Å². The zero-order valence-corrected chi connectivity index (χ0v) is 9.93. The molecule has 1 unspecified atom stereocenters. The fourth-order valence-corrected chi connectivity index (χ4v) is 1.12. The van der Waals surface area contributed by atoms with Gasteiger partial charge in [-0.25, -0.2) is 0 Å². The highest BCUT2D eigenvalue weighted by Gasteiger charge is 2.05. The first-order valence-electron chi connectivity index (χ1n) is 12.8. The summed E-state index contributed by atoms with van der Waals surface area (Å²) in [5.74, 6) is -0.0325. The number of aryl methyl sites for hydroxylation is 1. The van der Waals surface area contributed by atoms with E-state index in [4.69, 9.17) is 25.3 Å². The van der Waals surface area contributed by atoms with Crippen LogP contribution in [0.4, 0.5) is 0 Å². The summed E-state index contributed by atoms with van der Waals surface area (Å²) in [6.45, 7) is -13.1. The highest BCUT2D eigenvalue weighted by atomic mass is 16.5. The van der Waals surface area contributed by atoms with Crippen molar-refractivity contribution in [2.45, 2.75) is 32.2 Å². The van der Waals surface area contributed by atoms with Crippen LogP contribution in [0.3, 0.4) is 0 Å². The molecule has 0 amide bonds. The van der Waals surface area contributed by atoms with E-state index in [0.717, 1.165) is 24.3 Å². The maximum atomic E-state index is 10.1. The number of hydrogen-bond donors (Lipinski definition) is 2. The van der Waals surface area contributed by atoms with E-state index in [-0.39, 0.29) is 11.3 Å². The van der Waals surface area contributed by atoms with Crippen molar-refractivity contribution in [1.82, 2.24) is 5.32 Å². The Hall–Kier alpha value is -1.10. The molecule has 0 aliphatic carbocycles. The van der Waals surface area contributed by atoms with Crippen LogP contribution in [0.1, 0.15) is 39.8 Å². The lowest BCUT2D eigenvalue weighted by Gasteiger charge is -2.15. The van der Waals surface area contributed by atoms with Gasteiger partial charge in [0.2, 0.25) is 0 Å². The summed E-state index contributed by atoms with van der Waals surface area (Å²) in [5, 5.41) is 11.9. The van der Waals surface area contributed by atoms with Crippen molar-refractivity contribution in [3.8, 4) is 5.75 Å². The number of hydrogen-bond acceptors (Lipinski definition) is 4. The molecule has 1 atom stereocenters. The standard InChI is InChI=1S/C15H25NO3/c1-12(2)16-10-14(17)11-19-15-6-4-13(5-7-15)8-9-18-3/h4-7,12,14,16-17H,8-11H2,1-3H3/i1D3,2D3,3D3,8D2,9D2,10D2. The lowest BCUT2D eigenvalue weighted by Crippen LogP contribution is -2.35. The molecular formula is C15H25NO3. The van der Waals surface area contributed by atoms with Crippen LogP contribution in [0.25, 0.3) is 0 Å². The molecule has 0 aliphatic rings. The SMILES string of the molecule is [2H]C([2H])([2H])OC([2H])([2H])C([2H])([2H])c1ccc(OCC(O)C([2H])([2H])NC(C([2H])([2H])[2H])C([2H])([2H])[2H])cc1. The second-order valence-electron chi connectivity index (χ2n) is 3.40. The van der Waals surface area contributed by atoms with Crippen molar-refractivity contribution in [2.24, 2.45) is 0 Å². The zero-order chi connectivity index (χ0) is 27.0. The quantitative estimate of drug-likeness (QED) is 0.722. The predicted molar refractivity (Wildman–Crippen MR) is 76.7 cm³/mol. The lowest BCUT2D eigenvalue weighted by molar-refractivity contribution is 0.104. The molecular weight excluding hydrogens is 242 g/mol. The molecule has 0 heterocycles. The molecule has 1 aromatic carbocycles. The van der Waals surface area contributed by atoms with Gasteiger partial charge in [-0.2, -0.15) is 0 Å². The largest absolute Gasteiger partial charge is 0.491 e. The molecule has 4 heteroatoms. The van der Waals surface area contributed by atoms with E-state index in [0.29, 0.717) is 0 Å². The summed E-state index contributed by atoms with van der Waals surface area (Å²) in [4.78, 5) is 0. The van der Waals surface area contributed by atoms with Gasteiger partial charge in [0.15, 0.2) is 0 Å². The monoisotopic (exact) mass is 282 g/mol. The molecule has 0 saturated carbocycles. The third-order valence-corrected chi connectivity index (χ3v) is 1.90. The van der Waals surface area contributed by atoms with Crippen LogP contribution in [-0.4, -0.2) is 44.0 Å². The van der Waals surface area contributed by atoms with Gasteiger partial charge in [0, 0.05) is 33.3 Å². The molecule has 108 valence electrons. The smallest absolute Gasteiger partial charge is 0.119 e. The van der Waals surface area contributed by atoms with Crippen LogP contribution in [0, 0.1) is 0 Å². The van der Waals surface area contributed by atoms with Crippen LogP contribution in [0.5, 0.6) is 5.75 Å². The third-order valence-electron chi connectivity index (χ3n) is 1.90. The number of aliphatic hydroxyl groups is 1. The third kappa shape index (κ3) is 7.15. The van der Waals surface area contributed by atoms with E-state index in [1.165, 1.54) is 0 Å². The minimum atomic E-state index is -3.22. The summed E-state index contributed by atoms with van der Waals surface area (Å²) >= 11 is 0. The van der Waals surface area contributed by atoms with Crippen molar-refractivity contribution < 1.29 is 35.1 Å². The fraction of sp³-hybridized carbons (Fsp3) is 0.600. The van der Waals surface area contributed by atoms with E-state index < -0.39 is 58.9 Å². The Morgan fingerprint density at radius 1 is 1.37 bits per heavy atom. The maximum Gasteiger partial charge on any atom is 0.119 e. The molecule has 1 rings (SSSR count). The number of aliphatic hydroxyl groups excluding tert-OH is 1. The summed E-state index contributed by atoms with van der Waals surface area (Å²) in [6.07, 6.45) is -4.91. The van der Waals surface area contributed by atoms with Crippen molar-refractivity contribution >= 4 is 0 Å². The molecule has 0 saturated heterocycles. The van der Waals surface area contributed by atoms with E-state index in [1.54, 1.807) is 5.32 Å². The second-order valence-corrected chi connectivity index (χ2v) is 3.40. The lowest BCUT2D eigenvalue weighted by atomic mass is 10.1. The number of methoxy groups -OCH3 is 1. The van der Waals surface area contributed by atoms with Gasteiger partial charge >= 0.3 is 0 Å². The van der Waals surface area contributed by atoms with Gasteiger partial charge in [0.1, 0.15) is 18.5 Å². The number of rotatable bonds is 9. The predicted octanol–water partition coefficient (Wildman–Crippen LogP) is 1.61. The van der Waals surface area contributed by atoms with Gasteiger partial charge in [-0.1, -0.05) is 25.8 Å². The summed E-state index contributed by atoms with van der Waals surface area (Å²) in [7, 11) is -3.19. The molecule has 19 heavy (non-hydrogen) atoms. The number of benzene rings is 1. The summed E-state index contributed by atoms with van der Waals surface area (Å²) in [5.41, 5.74) is -0.301. The Balaban J connectivity index is 2.91. The molecule has 0 aliphatic heterocycles. The first-order valence-corrected chi connectivity index (χ1v) is 5.29. The minimum absolute atomic E-state index is 0.0325. The Labute approximate surface area is 136 Å². The minimum Gasteiger partial charge on any atom is -0.491 e. The first-order chi connectivity index (χ1) is 14.9. The van der Waals surface area contributed by atoms with Crippen LogP contribution >= 0.6 is 0 Å². The van der Waals surface area contributed by atoms with Gasteiger partial charge in [-0.15, -0.1) is 0 Å². The molecule has 4 nitrogen and oxygen atoms in total. The topological polar surface area (TPSA) is 50.7 Å². The Bertz CT molecular complexity index is 787. The number of nitrogens with one attached hydrogen (secondary N) is 1. The first kappa shape index (κ1) is 4.72. The molecule has 0 fully saturated rings. The van der Waals surface area contributed by atoms with E-state index >= 15 is 0 Å². The van der Waals surface area contributed by atoms with E-state index in [1.807, 2.05) is 0 Å². The Morgan fingerprint density at radius 2 is 2.16 bits per heavy atom. The maximum absolute atomic E-state index is 10.1. The van der Waals surface area contributed by atoms with Crippen LogP contribution in [0.2, 0.25) is 0 Å². The molecule has 0 aromatic heterocycles. The second kappa shape index (κ2) is 8.91. The highest BCUT2D eigenvalue weighted by molar-refractivity contribution is 5.27. The molecule has 0 radical (unpaired) electrons. The van der Waals surface area contributed by atoms with E-state index in [2.05, 4.69) is 4.74 Å². The molecule has 0 bridgehead atoms. The van der Waals surface area contributed by atoms with Gasteiger partial charge < -0.3 is 19.9 Å². The zero-order valence-electron chi connectivity index (χ0n) is 24.9. The van der Waals surface area contributed by atoms with E-state index in [9.17, 15) is 5.11 Å². The molecule has 1 aromatic rings. The number of ether oxygens (including phenoxy) is 2. The van der Waals surface area contributed by atoms with Crippen LogP contribution < -0.4 is 10.1 Å². The molecule has 2 N–H and O–H groups in total. The van der Waals surface area contributed by atoms with Gasteiger partial charge in [0.05, 0.1) is 13.4 Å². The summed E-state index contributed by atoms with van der Waals surface area (Å²) < 4.78 is 121. The fourth-order valence-electron chi connectivity index (χ4n) is 1.12.